The van der Waals surface area contributed by atoms with Crippen molar-refractivity contribution in [3.05, 3.63) is 35.9 Å². The molecule has 2 atom stereocenters. The van der Waals surface area contributed by atoms with E-state index in [0.717, 1.165) is 12.1 Å². The van der Waals surface area contributed by atoms with Gasteiger partial charge in [-0.3, -0.25) is 9.59 Å². The van der Waals surface area contributed by atoms with Gasteiger partial charge in [-0.15, -0.1) is 0 Å². The van der Waals surface area contributed by atoms with Crippen molar-refractivity contribution in [2.75, 3.05) is 39.8 Å². The molecule has 0 saturated carbocycles. The summed E-state index contributed by atoms with van der Waals surface area (Å²) in [5, 5.41) is 9.62. The monoisotopic (exact) mass is 318 g/mol. The molecule has 1 aromatic rings. The molecule has 6 nitrogen and oxygen atoms in total. The number of nitrogens with zero attached hydrogens (tertiary/aromatic N) is 2. The maximum Gasteiger partial charge on any atom is 0.313 e. The molecule has 1 aromatic carbocycles. The average Bonchev–Trinajstić information content (AvgIpc) is 3.02. The number of carbonyl (C=O) groups excluding carboxylic acids is 1. The first-order valence-corrected chi connectivity index (χ1v) is 7.83. The van der Waals surface area contributed by atoms with Crippen LogP contribution in [-0.2, 0) is 20.9 Å². The lowest BCUT2D eigenvalue weighted by Crippen LogP contribution is -2.42. The van der Waals surface area contributed by atoms with Gasteiger partial charge in [0.2, 0.25) is 5.91 Å². The molecule has 0 unspecified atom stereocenters. The highest BCUT2D eigenvalue weighted by Crippen LogP contribution is 2.42. The highest BCUT2D eigenvalue weighted by atomic mass is 16.5. The fourth-order valence-corrected chi connectivity index (χ4v) is 3.73. The number of rotatable bonds is 5. The van der Waals surface area contributed by atoms with Gasteiger partial charge in [-0.1, -0.05) is 30.3 Å². The second-order valence-electron chi connectivity index (χ2n) is 6.61. The zero-order valence-electron chi connectivity index (χ0n) is 13.3. The summed E-state index contributed by atoms with van der Waals surface area (Å²) in [6, 6.07) is 9.67. The van der Waals surface area contributed by atoms with E-state index in [1.165, 1.54) is 0 Å². The van der Waals surface area contributed by atoms with Crippen LogP contribution in [-0.4, -0.2) is 66.6 Å². The largest absolute Gasteiger partial charge is 0.481 e. The molecule has 0 aliphatic carbocycles. The van der Waals surface area contributed by atoms with E-state index in [4.69, 9.17) is 4.74 Å². The molecule has 1 N–H and O–H groups in total. The summed E-state index contributed by atoms with van der Waals surface area (Å²) in [5.74, 6) is -0.922. The lowest BCUT2D eigenvalue weighted by atomic mass is 9.81. The van der Waals surface area contributed by atoms with Gasteiger partial charge in [0.1, 0.15) is 12.0 Å². The van der Waals surface area contributed by atoms with E-state index >= 15 is 0 Å². The third kappa shape index (κ3) is 3.09. The lowest BCUT2D eigenvalue weighted by Gasteiger charge is -2.24. The Morgan fingerprint density at radius 2 is 2.00 bits per heavy atom. The molecule has 0 aromatic heterocycles. The van der Waals surface area contributed by atoms with Gasteiger partial charge in [-0.05, 0) is 12.6 Å². The maximum absolute atomic E-state index is 12.3. The molecular formula is C17H22N2O4. The van der Waals surface area contributed by atoms with Crippen molar-refractivity contribution >= 4 is 11.9 Å². The maximum atomic E-state index is 12.3. The van der Waals surface area contributed by atoms with Crippen molar-refractivity contribution in [3.8, 4) is 0 Å². The fraction of sp³-hybridized carbons (Fsp3) is 0.529. The van der Waals surface area contributed by atoms with Crippen molar-refractivity contribution in [1.29, 1.82) is 0 Å². The summed E-state index contributed by atoms with van der Waals surface area (Å²) >= 11 is 0. The van der Waals surface area contributed by atoms with Crippen molar-refractivity contribution in [2.24, 2.45) is 11.3 Å². The minimum absolute atomic E-state index is 0.00285. The summed E-state index contributed by atoms with van der Waals surface area (Å²) in [6.45, 7) is 2.39. The molecule has 2 fully saturated rings. The Labute approximate surface area is 135 Å². The summed E-state index contributed by atoms with van der Waals surface area (Å²) in [6.07, 6.45) is 0. The van der Waals surface area contributed by atoms with Gasteiger partial charge in [0.25, 0.3) is 0 Å². The predicted molar refractivity (Wildman–Crippen MR) is 83.7 cm³/mol. The van der Waals surface area contributed by atoms with Gasteiger partial charge in [0.05, 0.1) is 6.61 Å². The van der Waals surface area contributed by atoms with Gasteiger partial charge < -0.3 is 19.6 Å². The van der Waals surface area contributed by atoms with Gasteiger partial charge >= 0.3 is 5.97 Å². The molecule has 0 radical (unpaired) electrons. The van der Waals surface area contributed by atoms with E-state index in [-0.39, 0.29) is 25.0 Å². The van der Waals surface area contributed by atoms with E-state index in [9.17, 15) is 14.7 Å². The summed E-state index contributed by atoms with van der Waals surface area (Å²) < 4.78 is 5.48. The topological polar surface area (TPSA) is 70.1 Å². The number of fused-ring (bicyclic) bond motifs is 1. The van der Waals surface area contributed by atoms with Crippen molar-refractivity contribution in [3.63, 3.8) is 0 Å². The molecule has 124 valence electrons. The summed E-state index contributed by atoms with van der Waals surface area (Å²) in [7, 11) is 1.93. The molecule has 2 aliphatic rings. The van der Waals surface area contributed by atoms with Crippen LogP contribution in [0.15, 0.2) is 30.3 Å². The van der Waals surface area contributed by atoms with Gasteiger partial charge in [-0.2, -0.15) is 0 Å². The Bertz CT molecular complexity index is 592. The number of hydrogen-bond donors (Lipinski definition) is 1. The van der Waals surface area contributed by atoms with Crippen molar-refractivity contribution in [2.45, 2.75) is 6.61 Å². The molecule has 3 rings (SSSR count). The summed E-state index contributed by atoms with van der Waals surface area (Å²) in [5.41, 5.74) is 0.200. The zero-order valence-corrected chi connectivity index (χ0v) is 13.3. The zero-order chi connectivity index (χ0) is 16.4. The highest BCUT2D eigenvalue weighted by Gasteiger charge is 2.57. The van der Waals surface area contributed by atoms with Gasteiger partial charge in [0.15, 0.2) is 0 Å². The van der Waals surface area contributed by atoms with Crippen LogP contribution in [0.5, 0.6) is 0 Å². The van der Waals surface area contributed by atoms with Gasteiger partial charge in [-0.25, -0.2) is 0 Å². The number of hydrogen-bond acceptors (Lipinski definition) is 4. The first kappa shape index (κ1) is 16.0. The van der Waals surface area contributed by atoms with Gasteiger partial charge in [0, 0.05) is 32.1 Å². The molecule has 0 bridgehead atoms. The van der Waals surface area contributed by atoms with Crippen LogP contribution in [0.25, 0.3) is 0 Å². The molecule has 0 spiro atoms. The first-order valence-electron chi connectivity index (χ1n) is 7.83. The van der Waals surface area contributed by atoms with Crippen LogP contribution < -0.4 is 0 Å². The number of carboxylic acid groups (broad SMARTS) is 1. The van der Waals surface area contributed by atoms with E-state index in [1.807, 2.05) is 42.3 Å². The van der Waals surface area contributed by atoms with E-state index < -0.39 is 11.4 Å². The Balaban J connectivity index is 1.54. The number of aliphatic carboxylic acids is 1. The minimum Gasteiger partial charge on any atom is -0.481 e. The van der Waals surface area contributed by atoms with Crippen LogP contribution in [0, 0.1) is 11.3 Å². The van der Waals surface area contributed by atoms with E-state index in [2.05, 4.69) is 0 Å². The number of likely N-dealkylation sites (tertiary alicyclic amines) is 2. The second-order valence-corrected chi connectivity index (χ2v) is 6.61. The minimum atomic E-state index is -0.816. The summed E-state index contributed by atoms with van der Waals surface area (Å²) in [4.78, 5) is 27.7. The Morgan fingerprint density at radius 1 is 1.26 bits per heavy atom. The molecule has 6 heteroatoms. The Kier molecular flexibility index (Phi) is 4.37. The molecule has 2 heterocycles. The molecule has 2 saturated heterocycles. The molecule has 2 aliphatic heterocycles. The predicted octanol–water partition coefficient (Wildman–Crippen LogP) is 0.678. The number of amides is 1. The fourth-order valence-electron chi connectivity index (χ4n) is 3.73. The SMILES string of the molecule is CN1C[C@@H]2CN(C(=O)COCc3ccccc3)C[C@]2(C(=O)O)C1. The Hall–Kier alpha value is -1.92. The number of carboxylic acids is 1. The quantitative estimate of drug-likeness (QED) is 0.864. The third-order valence-electron chi connectivity index (χ3n) is 4.90. The molecule has 1 amide bonds. The number of carbonyl (C=O) groups is 2. The van der Waals surface area contributed by atoms with Crippen molar-refractivity contribution in [1.82, 2.24) is 9.80 Å². The third-order valence-corrected chi connectivity index (χ3v) is 4.90. The second kappa shape index (κ2) is 6.29. The first-order chi connectivity index (χ1) is 11.0. The standard InChI is InChI=1S/C17H22N2O4/c1-18-7-14-8-19(12-17(14,11-18)16(21)22)15(20)10-23-9-13-5-3-2-4-6-13/h2-6,14H,7-12H2,1H3,(H,21,22)/t14-,17-/m1/s1. The number of ether oxygens (including phenoxy) is 1. The number of benzene rings is 1. The van der Waals surface area contributed by atoms with E-state index in [0.29, 0.717) is 19.7 Å². The molecule has 23 heavy (non-hydrogen) atoms. The van der Waals surface area contributed by atoms with Crippen LogP contribution in [0.1, 0.15) is 5.56 Å². The Morgan fingerprint density at radius 3 is 2.65 bits per heavy atom. The normalized spacial score (nSPS) is 27.2. The van der Waals surface area contributed by atoms with Crippen LogP contribution in [0.3, 0.4) is 0 Å². The van der Waals surface area contributed by atoms with Crippen LogP contribution >= 0.6 is 0 Å². The molecular weight excluding hydrogens is 296 g/mol. The van der Waals surface area contributed by atoms with E-state index in [1.54, 1.807) is 4.90 Å². The smallest absolute Gasteiger partial charge is 0.313 e. The highest BCUT2D eigenvalue weighted by molar-refractivity contribution is 5.82. The van der Waals surface area contributed by atoms with Crippen molar-refractivity contribution < 1.29 is 19.4 Å². The van der Waals surface area contributed by atoms with Crippen LogP contribution in [0.4, 0.5) is 0 Å². The lowest BCUT2D eigenvalue weighted by molar-refractivity contribution is -0.149. The average molecular weight is 318 g/mol. The van der Waals surface area contributed by atoms with Crippen LogP contribution in [0.2, 0.25) is 0 Å².